The highest BCUT2D eigenvalue weighted by molar-refractivity contribution is 6.14. The molecule has 0 atom stereocenters. The fourth-order valence-electron chi connectivity index (χ4n) is 4.07. The van der Waals surface area contributed by atoms with E-state index in [1.165, 1.54) is 10.7 Å². The molecule has 2 aromatic heterocycles. The van der Waals surface area contributed by atoms with Gasteiger partial charge in [-0.25, -0.2) is 14.4 Å². The molecule has 164 valence electrons. The van der Waals surface area contributed by atoms with Gasteiger partial charge in [-0.1, -0.05) is 0 Å². The van der Waals surface area contributed by atoms with Crippen molar-refractivity contribution in [1.82, 2.24) is 25.1 Å². The number of carbonyl (C=O) groups is 1. The zero-order valence-corrected chi connectivity index (χ0v) is 17.5. The van der Waals surface area contributed by atoms with Crippen molar-refractivity contribution >= 4 is 39.1 Å². The maximum Gasteiger partial charge on any atom is 0.257 e. The first-order valence-electron chi connectivity index (χ1n) is 10.3. The Morgan fingerprint density at radius 1 is 1.25 bits per heavy atom. The molecular weight excluding hydrogens is 413 g/mol. The number of hydrogen-bond acceptors (Lipinski definition) is 7. The van der Waals surface area contributed by atoms with Crippen LogP contribution in [0.3, 0.4) is 0 Å². The monoisotopic (exact) mass is 435 g/mol. The highest BCUT2D eigenvalue weighted by Crippen LogP contribution is 2.29. The Morgan fingerprint density at radius 3 is 2.84 bits per heavy atom. The van der Waals surface area contributed by atoms with Gasteiger partial charge in [-0.3, -0.25) is 9.48 Å². The number of nitrogens with zero attached hydrogens (tertiary/aromatic N) is 5. The second kappa shape index (κ2) is 8.13. The molecule has 3 N–H and O–H groups in total. The number of aromatic nitrogens is 4. The lowest BCUT2D eigenvalue weighted by atomic mass is 10.1. The van der Waals surface area contributed by atoms with E-state index in [4.69, 9.17) is 0 Å². The number of nitrogens with one attached hydrogen (secondary N) is 2. The van der Waals surface area contributed by atoms with Crippen LogP contribution in [-0.2, 0) is 13.7 Å². The lowest BCUT2D eigenvalue weighted by Crippen LogP contribution is -2.43. The van der Waals surface area contributed by atoms with Crippen molar-refractivity contribution in [1.29, 1.82) is 0 Å². The van der Waals surface area contributed by atoms with Crippen LogP contribution in [0.25, 0.3) is 21.8 Å². The summed E-state index contributed by atoms with van der Waals surface area (Å²) in [4.78, 5) is 24.0. The van der Waals surface area contributed by atoms with E-state index < -0.39 is 11.7 Å². The van der Waals surface area contributed by atoms with E-state index in [-0.39, 0.29) is 17.9 Å². The van der Waals surface area contributed by atoms with Crippen LogP contribution in [0.5, 0.6) is 0 Å². The van der Waals surface area contributed by atoms with Gasteiger partial charge >= 0.3 is 0 Å². The average molecular weight is 435 g/mol. The summed E-state index contributed by atoms with van der Waals surface area (Å²) in [6.45, 7) is 3.04. The molecule has 2 aromatic carbocycles. The number of fused-ring (bicyclic) bond motifs is 2. The van der Waals surface area contributed by atoms with E-state index >= 15 is 0 Å². The highest BCUT2D eigenvalue weighted by atomic mass is 19.1. The Hall–Kier alpha value is -3.63. The van der Waals surface area contributed by atoms with Crippen LogP contribution in [0, 0.1) is 5.82 Å². The van der Waals surface area contributed by atoms with Gasteiger partial charge in [0.15, 0.2) is 11.6 Å². The van der Waals surface area contributed by atoms with Crippen molar-refractivity contribution in [2.75, 3.05) is 36.4 Å². The number of hydrogen-bond donors (Lipinski definition) is 3. The lowest BCUT2D eigenvalue weighted by molar-refractivity contribution is 0.102. The Morgan fingerprint density at radius 2 is 2.06 bits per heavy atom. The second-order valence-electron chi connectivity index (χ2n) is 7.73. The molecule has 0 unspecified atom stereocenters. The number of aliphatic hydroxyl groups excluding tert-OH is 1. The first-order chi connectivity index (χ1) is 15.5. The number of halogens is 1. The second-order valence-corrected chi connectivity index (χ2v) is 7.73. The standard InChI is InChI=1S/C22H22FN7O2/c1-29-11-13-8-14(9-17(23)20(13)28-29)26-22(32)15-2-3-18(30-6-4-24-5-7-30)16-10-25-19(12-31)27-21(15)16/h2-3,8-11,24,31H,4-7,12H2,1H3,(H,26,32). The molecule has 9 nitrogen and oxygen atoms in total. The Kier molecular flexibility index (Phi) is 5.16. The minimum atomic E-state index is -0.512. The largest absolute Gasteiger partial charge is 0.388 e. The van der Waals surface area contributed by atoms with Gasteiger partial charge in [0.05, 0.1) is 11.1 Å². The van der Waals surface area contributed by atoms with Gasteiger partial charge in [0.25, 0.3) is 5.91 Å². The summed E-state index contributed by atoms with van der Waals surface area (Å²) in [5.41, 5.74) is 2.27. The van der Waals surface area contributed by atoms with Crippen LogP contribution in [0.1, 0.15) is 16.2 Å². The van der Waals surface area contributed by atoms with Crippen LogP contribution in [0.4, 0.5) is 15.8 Å². The molecule has 1 aliphatic heterocycles. The molecule has 5 rings (SSSR count). The van der Waals surface area contributed by atoms with Crippen molar-refractivity contribution in [3.8, 4) is 0 Å². The quantitative estimate of drug-likeness (QED) is 0.449. The predicted molar refractivity (Wildman–Crippen MR) is 119 cm³/mol. The van der Waals surface area contributed by atoms with Crippen molar-refractivity contribution in [3.05, 3.63) is 53.9 Å². The van der Waals surface area contributed by atoms with E-state index in [0.717, 1.165) is 37.3 Å². The zero-order valence-electron chi connectivity index (χ0n) is 17.5. The molecule has 0 aliphatic carbocycles. The first kappa shape index (κ1) is 20.3. The van der Waals surface area contributed by atoms with Crippen LogP contribution >= 0.6 is 0 Å². The van der Waals surface area contributed by atoms with Crippen molar-refractivity contribution in [3.63, 3.8) is 0 Å². The summed E-state index contributed by atoms with van der Waals surface area (Å²) in [7, 11) is 1.71. The average Bonchev–Trinajstić information content (AvgIpc) is 3.19. The summed E-state index contributed by atoms with van der Waals surface area (Å²) in [5, 5.41) is 21.0. The van der Waals surface area contributed by atoms with Crippen molar-refractivity contribution in [2.45, 2.75) is 6.61 Å². The van der Waals surface area contributed by atoms with Crippen LogP contribution < -0.4 is 15.5 Å². The molecule has 0 bridgehead atoms. The van der Waals surface area contributed by atoms with E-state index in [0.29, 0.717) is 22.2 Å². The minimum absolute atomic E-state index is 0.229. The number of anilines is 2. The lowest BCUT2D eigenvalue weighted by Gasteiger charge is -2.30. The van der Waals surface area contributed by atoms with Gasteiger partial charge in [-0.15, -0.1) is 0 Å². The predicted octanol–water partition coefficient (Wildman–Crippen LogP) is 1.81. The van der Waals surface area contributed by atoms with Crippen LogP contribution in [-0.4, -0.2) is 56.9 Å². The molecule has 1 saturated heterocycles. The van der Waals surface area contributed by atoms with Gasteiger partial charge in [-0.2, -0.15) is 5.10 Å². The van der Waals surface area contributed by atoms with E-state index in [2.05, 4.69) is 30.6 Å². The molecule has 0 spiro atoms. The molecule has 1 aliphatic rings. The third kappa shape index (κ3) is 3.63. The summed E-state index contributed by atoms with van der Waals surface area (Å²) >= 11 is 0. The normalized spacial score (nSPS) is 14.3. The summed E-state index contributed by atoms with van der Waals surface area (Å²) in [6, 6.07) is 6.52. The molecule has 1 amide bonds. The summed E-state index contributed by atoms with van der Waals surface area (Å²) in [6.07, 6.45) is 3.33. The van der Waals surface area contributed by atoms with Gasteiger partial charge in [0, 0.05) is 67.8 Å². The number of benzene rings is 2. The Balaban J connectivity index is 1.55. The molecule has 3 heterocycles. The van der Waals surface area contributed by atoms with Crippen molar-refractivity contribution < 1.29 is 14.3 Å². The first-order valence-corrected chi connectivity index (χ1v) is 10.3. The number of amides is 1. The van der Waals surface area contributed by atoms with Gasteiger partial charge in [-0.05, 0) is 24.3 Å². The summed E-state index contributed by atoms with van der Waals surface area (Å²) < 4.78 is 16.0. The van der Waals surface area contributed by atoms with E-state index in [1.54, 1.807) is 31.6 Å². The number of carbonyl (C=O) groups excluding carboxylic acids is 1. The molecule has 4 aromatic rings. The third-order valence-electron chi connectivity index (χ3n) is 5.56. The number of aryl methyl sites for hydroxylation is 1. The Labute approximate surface area is 182 Å². The molecule has 32 heavy (non-hydrogen) atoms. The van der Waals surface area contributed by atoms with E-state index in [9.17, 15) is 14.3 Å². The number of rotatable bonds is 4. The van der Waals surface area contributed by atoms with Crippen LogP contribution in [0.15, 0.2) is 36.7 Å². The topological polar surface area (TPSA) is 108 Å². The highest BCUT2D eigenvalue weighted by Gasteiger charge is 2.20. The molecular formula is C22H22FN7O2. The van der Waals surface area contributed by atoms with E-state index in [1.807, 2.05) is 6.07 Å². The fraction of sp³-hybridized carbons (Fsp3) is 0.273. The summed E-state index contributed by atoms with van der Waals surface area (Å²) in [5.74, 6) is -0.707. The fourth-order valence-corrected chi connectivity index (χ4v) is 4.07. The van der Waals surface area contributed by atoms with Crippen molar-refractivity contribution in [2.24, 2.45) is 7.05 Å². The molecule has 0 radical (unpaired) electrons. The maximum absolute atomic E-state index is 14.4. The Bertz CT molecular complexity index is 1330. The SMILES string of the molecule is Cn1cc2cc(NC(=O)c3ccc(N4CCNCC4)c4cnc(CO)nc34)cc(F)c2n1. The number of piperazine rings is 1. The van der Waals surface area contributed by atoms with Crippen LogP contribution in [0.2, 0.25) is 0 Å². The smallest absolute Gasteiger partial charge is 0.257 e. The van der Waals surface area contributed by atoms with Gasteiger partial charge in [0.2, 0.25) is 0 Å². The molecule has 0 saturated carbocycles. The zero-order chi connectivity index (χ0) is 22.2. The van der Waals surface area contributed by atoms with Gasteiger partial charge in [0.1, 0.15) is 12.1 Å². The number of aliphatic hydroxyl groups is 1. The molecule has 10 heteroatoms. The van der Waals surface area contributed by atoms with Gasteiger partial charge < -0.3 is 20.6 Å². The third-order valence-corrected chi connectivity index (χ3v) is 5.56. The maximum atomic E-state index is 14.4. The molecule has 1 fully saturated rings. The minimum Gasteiger partial charge on any atom is -0.388 e.